The molecule has 7 nitrogen and oxygen atoms in total. The molecule has 3 rings (SSSR count). The molecule has 0 radical (unpaired) electrons. The average Bonchev–Trinajstić information content (AvgIpc) is 2.94. The molecule has 0 unspecified atom stereocenters. The van der Waals surface area contributed by atoms with E-state index in [1.165, 1.54) is 26.4 Å². The van der Waals surface area contributed by atoms with E-state index in [-0.39, 0.29) is 0 Å². The Morgan fingerprint density at radius 1 is 0.963 bits per heavy atom. The molecule has 0 aromatic heterocycles. The number of hydrogen-bond donors (Lipinski definition) is 0. The third kappa shape index (κ3) is 3.52. The molecule has 0 aliphatic carbocycles. The first kappa shape index (κ1) is 18.2. The van der Waals surface area contributed by atoms with Crippen LogP contribution in [0.5, 0.6) is 11.5 Å². The molecule has 1 heterocycles. The van der Waals surface area contributed by atoms with Gasteiger partial charge in [-0.15, -0.1) is 0 Å². The number of para-hydroxylation sites is 1. The van der Waals surface area contributed by atoms with Gasteiger partial charge in [0.25, 0.3) is 11.8 Å². The molecule has 0 N–H and O–H groups in total. The summed E-state index contributed by atoms with van der Waals surface area (Å²) in [5, 5.41) is 0. The van der Waals surface area contributed by atoms with Crippen molar-refractivity contribution in [1.82, 2.24) is 4.90 Å². The van der Waals surface area contributed by atoms with Crippen LogP contribution in [0.3, 0.4) is 0 Å². The number of fused-ring (bicyclic) bond motifs is 1. The van der Waals surface area contributed by atoms with E-state index in [4.69, 9.17) is 14.2 Å². The van der Waals surface area contributed by atoms with Gasteiger partial charge >= 0.3 is 5.97 Å². The number of nitrogens with zero attached hydrogens (tertiary/aromatic N) is 1. The molecular weight excluding hydrogens is 350 g/mol. The number of methoxy groups -OCH3 is 2. The first-order valence-corrected chi connectivity index (χ1v) is 8.08. The predicted octanol–water partition coefficient (Wildman–Crippen LogP) is 2.51. The van der Waals surface area contributed by atoms with Gasteiger partial charge in [-0.2, -0.15) is 0 Å². The summed E-state index contributed by atoms with van der Waals surface area (Å²) in [5.74, 6) is -0.663. The Balaban J connectivity index is 1.65. The molecule has 7 heteroatoms. The van der Waals surface area contributed by atoms with Gasteiger partial charge in [0.2, 0.25) is 0 Å². The number of ether oxygens (including phenoxy) is 3. The topological polar surface area (TPSA) is 82.1 Å². The Labute approximate surface area is 155 Å². The first-order valence-electron chi connectivity index (χ1n) is 8.08. The minimum Gasteiger partial charge on any atom is -0.493 e. The largest absolute Gasteiger partial charge is 0.493 e. The first-order chi connectivity index (χ1) is 13.1. The lowest BCUT2D eigenvalue weighted by molar-refractivity contribution is -0.140. The Hall–Kier alpha value is -3.61. The SMILES string of the molecule is COc1cccc(/C=C/C(=O)OCN2C(=O)c3ccccc3C2=O)c1OC. The van der Waals surface area contributed by atoms with Gasteiger partial charge < -0.3 is 14.2 Å². The second-order valence-electron chi connectivity index (χ2n) is 5.59. The molecule has 27 heavy (non-hydrogen) atoms. The average molecular weight is 367 g/mol. The highest BCUT2D eigenvalue weighted by molar-refractivity contribution is 6.21. The monoisotopic (exact) mass is 367 g/mol. The number of amides is 2. The van der Waals surface area contributed by atoms with Gasteiger partial charge in [-0.1, -0.05) is 24.3 Å². The Kier molecular flexibility index (Phi) is 5.21. The van der Waals surface area contributed by atoms with Crippen molar-refractivity contribution in [2.24, 2.45) is 0 Å². The summed E-state index contributed by atoms with van der Waals surface area (Å²) in [6.45, 7) is -0.454. The van der Waals surface area contributed by atoms with Crippen LogP contribution >= 0.6 is 0 Å². The van der Waals surface area contributed by atoms with Crippen molar-refractivity contribution in [1.29, 1.82) is 0 Å². The highest BCUT2D eigenvalue weighted by atomic mass is 16.5. The number of rotatable bonds is 6. The molecule has 2 aromatic carbocycles. The molecule has 0 fully saturated rings. The zero-order chi connectivity index (χ0) is 19.4. The van der Waals surface area contributed by atoms with Crippen molar-refractivity contribution in [3.63, 3.8) is 0 Å². The van der Waals surface area contributed by atoms with E-state index in [0.717, 1.165) is 4.90 Å². The van der Waals surface area contributed by atoms with Crippen LogP contribution in [0.2, 0.25) is 0 Å². The minimum absolute atomic E-state index is 0.301. The summed E-state index contributed by atoms with van der Waals surface area (Å²) < 4.78 is 15.5. The number of carbonyl (C=O) groups is 3. The van der Waals surface area contributed by atoms with E-state index in [0.29, 0.717) is 28.2 Å². The molecular formula is C20H17NO6. The van der Waals surface area contributed by atoms with Crippen LogP contribution in [0.4, 0.5) is 0 Å². The van der Waals surface area contributed by atoms with E-state index in [9.17, 15) is 14.4 Å². The van der Waals surface area contributed by atoms with Gasteiger partial charge in [-0.25, -0.2) is 9.69 Å². The van der Waals surface area contributed by atoms with Crippen molar-refractivity contribution in [2.45, 2.75) is 0 Å². The van der Waals surface area contributed by atoms with Crippen molar-refractivity contribution in [3.05, 3.63) is 65.2 Å². The lowest BCUT2D eigenvalue weighted by Crippen LogP contribution is -2.32. The van der Waals surface area contributed by atoms with E-state index >= 15 is 0 Å². The highest BCUT2D eigenvalue weighted by Gasteiger charge is 2.35. The minimum atomic E-state index is -0.698. The van der Waals surface area contributed by atoms with Gasteiger partial charge in [0, 0.05) is 11.6 Å². The van der Waals surface area contributed by atoms with Crippen LogP contribution in [-0.2, 0) is 9.53 Å². The normalized spacial score (nSPS) is 13.0. The summed E-state index contributed by atoms with van der Waals surface area (Å²) in [4.78, 5) is 37.3. The molecule has 0 bridgehead atoms. The number of carbonyl (C=O) groups excluding carboxylic acids is 3. The smallest absolute Gasteiger partial charge is 0.332 e. The maximum Gasteiger partial charge on any atom is 0.332 e. The Morgan fingerprint density at radius 3 is 2.22 bits per heavy atom. The lowest BCUT2D eigenvalue weighted by Gasteiger charge is -2.13. The van der Waals surface area contributed by atoms with Gasteiger partial charge in [0.1, 0.15) is 0 Å². The number of benzene rings is 2. The fourth-order valence-electron chi connectivity index (χ4n) is 2.73. The number of imide groups is 1. The number of esters is 1. The quantitative estimate of drug-likeness (QED) is 0.443. The second kappa shape index (κ2) is 7.74. The molecule has 1 aliphatic rings. The van der Waals surface area contributed by atoms with Crippen LogP contribution in [-0.4, -0.2) is 43.6 Å². The standard InChI is InChI=1S/C20H17NO6/c1-25-16-9-5-6-13(18(16)26-2)10-11-17(22)27-12-21-19(23)14-7-3-4-8-15(14)20(21)24/h3-11H,12H2,1-2H3/b11-10+. The molecule has 0 saturated carbocycles. The van der Waals surface area contributed by atoms with E-state index < -0.39 is 24.5 Å². The van der Waals surface area contributed by atoms with Crippen LogP contribution < -0.4 is 9.47 Å². The molecule has 0 spiro atoms. The van der Waals surface area contributed by atoms with Crippen LogP contribution in [0, 0.1) is 0 Å². The highest BCUT2D eigenvalue weighted by Crippen LogP contribution is 2.31. The van der Waals surface area contributed by atoms with E-state index in [1.807, 2.05) is 0 Å². The molecule has 0 saturated heterocycles. The summed E-state index contributed by atoms with van der Waals surface area (Å²) in [6.07, 6.45) is 2.70. The summed E-state index contributed by atoms with van der Waals surface area (Å²) >= 11 is 0. The molecule has 2 aromatic rings. The van der Waals surface area contributed by atoms with Crippen molar-refractivity contribution in [2.75, 3.05) is 21.0 Å². The number of hydrogen-bond acceptors (Lipinski definition) is 6. The van der Waals surface area contributed by atoms with Gasteiger partial charge in [-0.05, 0) is 24.3 Å². The van der Waals surface area contributed by atoms with Crippen LogP contribution in [0.1, 0.15) is 26.3 Å². The maximum atomic E-state index is 12.2. The van der Waals surface area contributed by atoms with Crippen LogP contribution in [0.15, 0.2) is 48.5 Å². The van der Waals surface area contributed by atoms with Crippen molar-refractivity contribution >= 4 is 23.9 Å². The van der Waals surface area contributed by atoms with Crippen molar-refractivity contribution in [3.8, 4) is 11.5 Å². The summed E-state index contributed by atoms with van der Waals surface area (Å²) in [7, 11) is 3.01. The fourth-order valence-corrected chi connectivity index (χ4v) is 2.73. The third-order valence-electron chi connectivity index (χ3n) is 4.05. The molecule has 0 atom stereocenters. The fraction of sp³-hybridized carbons (Fsp3) is 0.150. The molecule has 138 valence electrons. The van der Waals surface area contributed by atoms with E-state index in [1.54, 1.807) is 42.5 Å². The van der Waals surface area contributed by atoms with Gasteiger partial charge in [-0.3, -0.25) is 9.59 Å². The van der Waals surface area contributed by atoms with E-state index in [2.05, 4.69) is 0 Å². The summed E-state index contributed by atoms with van der Waals surface area (Å²) in [5.41, 5.74) is 1.22. The molecule has 1 aliphatic heterocycles. The Morgan fingerprint density at radius 2 is 1.63 bits per heavy atom. The maximum absolute atomic E-state index is 12.2. The summed E-state index contributed by atoms with van der Waals surface area (Å²) in [6, 6.07) is 11.7. The Bertz CT molecular complexity index is 899. The zero-order valence-corrected chi connectivity index (χ0v) is 14.8. The third-order valence-corrected chi connectivity index (χ3v) is 4.05. The van der Waals surface area contributed by atoms with Gasteiger partial charge in [0.15, 0.2) is 18.2 Å². The van der Waals surface area contributed by atoms with Crippen molar-refractivity contribution < 1.29 is 28.6 Å². The van der Waals surface area contributed by atoms with Crippen LogP contribution in [0.25, 0.3) is 6.08 Å². The lowest BCUT2D eigenvalue weighted by atomic mass is 10.1. The van der Waals surface area contributed by atoms with Gasteiger partial charge in [0.05, 0.1) is 25.3 Å². The zero-order valence-electron chi connectivity index (χ0n) is 14.8. The second-order valence-corrected chi connectivity index (χ2v) is 5.59. The predicted molar refractivity (Wildman–Crippen MR) is 96.5 cm³/mol. The molecule has 2 amide bonds.